The van der Waals surface area contributed by atoms with Gasteiger partial charge >= 0.3 is 0 Å². The van der Waals surface area contributed by atoms with Crippen molar-refractivity contribution in [2.24, 2.45) is 4.99 Å². The van der Waals surface area contributed by atoms with Gasteiger partial charge in [0.25, 0.3) is 0 Å². The van der Waals surface area contributed by atoms with E-state index in [1.165, 1.54) is 44.3 Å². The second-order valence-corrected chi connectivity index (χ2v) is 9.21. The van der Waals surface area contributed by atoms with Crippen LogP contribution in [0.4, 0.5) is 0 Å². The molecular weight excluding hydrogens is 364 g/mol. The molecule has 1 atom stereocenters. The molecule has 1 aromatic rings. The summed E-state index contributed by atoms with van der Waals surface area (Å²) in [5, 5.41) is 17.6. The first-order valence-electron chi connectivity index (χ1n) is 9.85. The summed E-state index contributed by atoms with van der Waals surface area (Å²) in [6.07, 6.45) is 12.0. The van der Waals surface area contributed by atoms with E-state index in [1.54, 1.807) is 11.8 Å². The van der Waals surface area contributed by atoms with Gasteiger partial charge in [-0.05, 0) is 44.1 Å². The molecule has 2 aliphatic rings. The van der Waals surface area contributed by atoms with Crippen LogP contribution in [0.25, 0.3) is 0 Å². The topological polar surface area (TPSA) is 67.1 Å². The highest BCUT2D eigenvalue weighted by atomic mass is 32.2. The molecule has 1 saturated carbocycles. The number of aryl methyl sites for hydroxylation is 1. The first-order valence-corrected chi connectivity index (χ1v) is 12.1. The fourth-order valence-electron chi connectivity index (χ4n) is 3.84. The number of nitrogens with zero attached hydrogens (tertiary/aromatic N) is 4. The average molecular weight is 397 g/mol. The minimum atomic E-state index is 0.605. The molecule has 2 heterocycles. The van der Waals surface area contributed by atoms with Crippen molar-refractivity contribution >= 4 is 29.5 Å². The summed E-state index contributed by atoms with van der Waals surface area (Å²) in [4.78, 5) is 4.34. The number of thioether (sulfide) groups is 2. The van der Waals surface area contributed by atoms with Crippen molar-refractivity contribution < 1.29 is 0 Å². The summed E-state index contributed by atoms with van der Waals surface area (Å²) in [7, 11) is 1.85. The summed E-state index contributed by atoms with van der Waals surface area (Å²) >= 11 is 3.79. The van der Waals surface area contributed by atoms with E-state index in [0.717, 1.165) is 48.1 Å². The zero-order chi connectivity index (χ0) is 18.2. The van der Waals surface area contributed by atoms with Gasteiger partial charge in [0.15, 0.2) is 11.1 Å². The summed E-state index contributed by atoms with van der Waals surface area (Å²) < 4.78 is 2.40. The maximum Gasteiger partial charge on any atom is 0.191 e. The highest BCUT2D eigenvalue weighted by Crippen LogP contribution is 2.33. The molecule has 1 saturated heterocycles. The van der Waals surface area contributed by atoms with Crippen LogP contribution in [0.1, 0.15) is 56.8 Å². The number of hydrogen-bond donors (Lipinski definition) is 2. The van der Waals surface area contributed by atoms with Gasteiger partial charge in [-0.3, -0.25) is 4.99 Å². The molecule has 8 heteroatoms. The summed E-state index contributed by atoms with van der Waals surface area (Å²) in [6, 6.07) is 0.605. The second kappa shape index (κ2) is 10.4. The Morgan fingerprint density at radius 1 is 1.23 bits per heavy atom. The average Bonchev–Trinajstić information content (AvgIpc) is 3.41. The van der Waals surface area contributed by atoms with Crippen LogP contribution in [0.3, 0.4) is 0 Å². The standard InChI is InChI=1S/C18H32N6S2/c1-19-17(21-13-15-9-6-12-26-15)20-11-5-10-16-22-23-18(25-2)24(16)14-7-3-4-8-14/h14-15H,3-13H2,1-2H3,(H2,19,20,21). The van der Waals surface area contributed by atoms with Crippen LogP contribution in [-0.4, -0.2) is 58.1 Å². The largest absolute Gasteiger partial charge is 0.356 e. The third-order valence-corrected chi connectivity index (χ3v) is 7.26. The lowest BCUT2D eigenvalue weighted by Gasteiger charge is -2.17. The van der Waals surface area contributed by atoms with E-state index in [2.05, 4.69) is 48.4 Å². The maximum atomic E-state index is 4.47. The van der Waals surface area contributed by atoms with Crippen molar-refractivity contribution in [2.45, 2.75) is 67.8 Å². The van der Waals surface area contributed by atoms with E-state index >= 15 is 0 Å². The van der Waals surface area contributed by atoms with Crippen LogP contribution in [0.5, 0.6) is 0 Å². The second-order valence-electron chi connectivity index (χ2n) is 7.03. The van der Waals surface area contributed by atoms with Crippen molar-refractivity contribution in [1.82, 2.24) is 25.4 Å². The SMILES string of the molecule is CN=C(NCCCc1nnc(SC)n1C1CCCC1)NCC1CCCS1. The first-order chi connectivity index (χ1) is 12.8. The van der Waals surface area contributed by atoms with Crippen LogP contribution in [-0.2, 0) is 6.42 Å². The monoisotopic (exact) mass is 396 g/mol. The van der Waals surface area contributed by atoms with Gasteiger partial charge in [0.2, 0.25) is 0 Å². The van der Waals surface area contributed by atoms with Crippen molar-refractivity contribution in [1.29, 1.82) is 0 Å². The molecule has 0 bridgehead atoms. The number of rotatable bonds is 8. The van der Waals surface area contributed by atoms with Crippen LogP contribution in [0.15, 0.2) is 10.1 Å². The third-order valence-electron chi connectivity index (χ3n) is 5.22. The van der Waals surface area contributed by atoms with E-state index in [4.69, 9.17) is 0 Å². The Morgan fingerprint density at radius 2 is 2.08 bits per heavy atom. The molecule has 1 unspecified atom stereocenters. The number of aliphatic imine (C=N–C) groups is 1. The fraction of sp³-hybridized carbons (Fsp3) is 0.833. The Morgan fingerprint density at radius 3 is 2.77 bits per heavy atom. The van der Waals surface area contributed by atoms with Crippen molar-refractivity contribution in [3.63, 3.8) is 0 Å². The molecule has 146 valence electrons. The van der Waals surface area contributed by atoms with Gasteiger partial charge in [-0.2, -0.15) is 11.8 Å². The molecule has 0 spiro atoms. The number of aromatic nitrogens is 3. The number of nitrogens with one attached hydrogen (secondary N) is 2. The predicted molar refractivity (Wildman–Crippen MR) is 112 cm³/mol. The Bertz CT molecular complexity index is 576. The minimum absolute atomic E-state index is 0.605. The maximum absolute atomic E-state index is 4.47. The van der Waals surface area contributed by atoms with Gasteiger partial charge in [-0.15, -0.1) is 10.2 Å². The summed E-state index contributed by atoms with van der Waals surface area (Å²) in [5.74, 6) is 3.37. The zero-order valence-corrected chi connectivity index (χ0v) is 17.7. The molecule has 1 aliphatic carbocycles. The number of hydrogen-bond acceptors (Lipinski definition) is 5. The Hall–Kier alpha value is -0.890. The zero-order valence-electron chi connectivity index (χ0n) is 16.0. The normalized spacial score (nSPS) is 21.5. The van der Waals surface area contributed by atoms with Gasteiger partial charge in [-0.25, -0.2) is 0 Å². The fourth-order valence-corrected chi connectivity index (χ4v) is 5.61. The van der Waals surface area contributed by atoms with Gasteiger partial charge < -0.3 is 15.2 Å². The Labute approximate surface area is 165 Å². The lowest BCUT2D eigenvalue weighted by Crippen LogP contribution is -2.40. The smallest absolute Gasteiger partial charge is 0.191 e. The molecule has 0 aromatic carbocycles. The molecule has 0 radical (unpaired) electrons. The summed E-state index contributed by atoms with van der Waals surface area (Å²) in [5.41, 5.74) is 0. The van der Waals surface area contributed by atoms with Crippen molar-refractivity contribution in [3.8, 4) is 0 Å². The Kier molecular flexibility index (Phi) is 7.98. The minimum Gasteiger partial charge on any atom is -0.356 e. The van der Waals surface area contributed by atoms with Gasteiger partial charge in [0.1, 0.15) is 5.82 Å². The lowest BCUT2D eigenvalue weighted by molar-refractivity contribution is 0.460. The molecule has 26 heavy (non-hydrogen) atoms. The van der Waals surface area contributed by atoms with Crippen molar-refractivity contribution in [3.05, 3.63) is 5.82 Å². The van der Waals surface area contributed by atoms with Crippen molar-refractivity contribution in [2.75, 3.05) is 32.1 Å². The van der Waals surface area contributed by atoms with Gasteiger partial charge in [0, 0.05) is 37.8 Å². The predicted octanol–water partition coefficient (Wildman–Crippen LogP) is 3.11. The third kappa shape index (κ3) is 5.31. The Balaban J connectivity index is 1.43. The molecule has 2 fully saturated rings. The van der Waals surface area contributed by atoms with E-state index in [9.17, 15) is 0 Å². The first kappa shape index (κ1) is 19.9. The summed E-state index contributed by atoms with van der Waals surface area (Å²) in [6.45, 7) is 1.92. The molecule has 2 N–H and O–H groups in total. The molecule has 1 aliphatic heterocycles. The highest BCUT2D eigenvalue weighted by Gasteiger charge is 2.23. The molecule has 6 nitrogen and oxygen atoms in total. The molecule has 1 aromatic heterocycles. The van der Waals surface area contributed by atoms with Gasteiger partial charge in [-0.1, -0.05) is 24.6 Å². The van der Waals surface area contributed by atoms with Gasteiger partial charge in [0.05, 0.1) is 0 Å². The lowest BCUT2D eigenvalue weighted by atomic mass is 10.2. The van der Waals surface area contributed by atoms with Crippen LogP contribution >= 0.6 is 23.5 Å². The van der Waals surface area contributed by atoms with E-state index in [1.807, 2.05) is 7.05 Å². The quantitative estimate of drug-likeness (QED) is 0.305. The van der Waals surface area contributed by atoms with E-state index in [-0.39, 0.29) is 0 Å². The van der Waals surface area contributed by atoms with Crippen LogP contribution in [0.2, 0.25) is 0 Å². The molecular formula is C18H32N6S2. The van der Waals surface area contributed by atoms with Crippen LogP contribution in [0, 0.1) is 0 Å². The molecule has 0 amide bonds. The van der Waals surface area contributed by atoms with E-state index < -0.39 is 0 Å². The van der Waals surface area contributed by atoms with E-state index in [0.29, 0.717) is 6.04 Å². The molecule has 3 rings (SSSR count). The number of guanidine groups is 1. The highest BCUT2D eigenvalue weighted by molar-refractivity contribution is 8.00. The van der Waals surface area contributed by atoms with Crippen LogP contribution < -0.4 is 10.6 Å².